The van der Waals surface area contributed by atoms with Gasteiger partial charge in [0.05, 0.1) is 6.21 Å². The normalized spacial score (nSPS) is 10.4. The molecule has 2 aromatic carbocycles. The Kier molecular flexibility index (Phi) is 7.51. The molecule has 0 radical (unpaired) electrons. The Morgan fingerprint density at radius 2 is 1.44 bits per heavy atom. The lowest BCUT2D eigenvalue weighted by molar-refractivity contribution is -0.124. The van der Waals surface area contributed by atoms with Crippen LogP contribution in [-0.2, 0) is 14.4 Å². The van der Waals surface area contributed by atoms with Crippen molar-refractivity contribution < 1.29 is 14.4 Å². The number of halogens is 1. The number of hydrogen-bond acceptors (Lipinski definition) is 4. The Balaban J connectivity index is 1.72. The van der Waals surface area contributed by atoms with Crippen LogP contribution in [-0.4, -0.2) is 23.9 Å². The quantitative estimate of drug-likeness (QED) is 0.503. The highest BCUT2D eigenvalue weighted by atomic mass is 35.5. The van der Waals surface area contributed by atoms with E-state index in [2.05, 4.69) is 21.2 Å². The van der Waals surface area contributed by atoms with Gasteiger partial charge in [-0.15, -0.1) is 0 Å². The third-order valence-corrected chi connectivity index (χ3v) is 3.59. The molecule has 3 amide bonds. The van der Waals surface area contributed by atoms with Crippen molar-refractivity contribution in [2.75, 3.05) is 10.6 Å². The Morgan fingerprint density at radius 1 is 0.889 bits per heavy atom. The predicted octanol–water partition coefficient (Wildman–Crippen LogP) is 3.17. The number of hydrazone groups is 1. The third-order valence-electron chi connectivity index (χ3n) is 3.34. The maximum Gasteiger partial charge on any atom is 0.240 e. The molecule has 0 aliphatic carbocycles. The molecule has 0 fully saturated rings. The van der Waals surface area contributed by atoms with E-state index in [-0.39, 0.29) is 30.6 Å². The summed E-state index contributed by atoms with van der Waals surface area (Å²) in [6.45, 7) is 1.42. The fourth-order valence-corrected chi connectivity index (χ4v) is 2.20. The van der Waals surface area contributed by atoms with Crippen molar-refractivity contribution in [1.82, 2.24) is 5.43 Å². The molecule has 2 aromatic rings. The SMILES string of the molecule is CC(=O)Nc1ccc(NC(=O)CCC(=O)N/N=C\c2ccc(Cl)cc2)cc1. The molecule has 140 valence electrons. The Hall–Kier alpha value is -3.19. The zero-order chi connectivity index (χ0) is 19.6. The van der Waals surface area contributed by atoms with Crippen molar-refractivity contribution in [3.05, 3.63) is 59.1 Å². The minimum Gasteiger partial charge on any atom is -0.326 e. The van der Waals surface area contributed by atoms with Crippen LogP contribution in [0.5, 0.6) is 0 Å². The van der Waals surface area contributed by atoms with E-state index >= 15 is 0 Å². The van der Waals surface area contributed by atoms with Gasteiger partial charge in [0, 0.05) is 36.2 Å². The lowest BCUT2D eigenvalue weighted by atomic mass is 10.2. The smallest absolute Gasteiger partial charge is 0.240 e. The van der Waals surface area contributed by atoms with Crippen LogP contribution in [0.2, 0.25) is 5.02 Å². The molecule has 0 spiro atoms. The van der Waals surface area contributed by atoms with Crippen LogP contribution < -0.4 is 16.1 Å². The summed E-state index contributed by atoms with van der Waals surface area (Å²) in [6.07, 6.45) is 1.52. The van der Waals surface area contributed by atoms with E-state index in [1.807, 2.05) is 0 Å². The van der Waals surface area contributed by atoms with Gasteiger partial charge in [-0.1, -0.05) is 23.7 Å². The van der Waals surface area contributed by atoms with E-state index in [9.17, 15) is 14.4 Å². The van der Waals surface area contributed by atoms with Crippen LogP contribution in [0.1, 0.15) is 25.3 Å². The highest BCUT2D eigenvalue weighted by Crippen LogP contribution is 2.14. The van der Waals surface area contributed by atoms with Crippen LogP contribution in [0.15, 0.2) is 53.6 Å². The second-order valence-corrected chi connectivity index (χ2v) is 6.09. The minimum absolute atomic E-state index is 0.00771. The number of benzene rings is 2. The van der Waals surface area contributed by atoms with E-state index in [1.165, 1.54) is 13.1 Å². The fraction of sp³-hybridized carbons (Fsp3) is 0.158. The van der Waals surface area contributed by atoms with Crippen molar-refractivity contribution >= 4 is 46.9 Å². The van der Waals surface area contributed by atoms with E-state index in [1.54, 1.807) is 48.5 Å². The molecule has 27 heavy (non-hydrogen) atoms. The zero-order valence-electron chi connectivity index (χ0n) is 14.7. The van der Waals surface area contributed by atoms with E-state index in [0.717, 1.165) is 5.56 Å². The van der Waals surface area contributed by atoms with Gasteiger partial charge in [0.2, 0.25) is 17.7 Å². The topological polar surface area (TPSA) is 99.7 Å². The lowest BCUT2D eigenvalue weighted by Gasteiger charge is -2.06. The zero-order valence-corrected chi connectivity index (χ0v) is 15.4. The Morgan fingerprint density at radius 3 is 2.04 bits per heavy atom. The molecule has 8 heteroatoms. The maximum absolute atomic E-state index is 11.9. The lowest BCUT2D eigenvalue weighted by Crippen LogP contribution is -2.20. The van der Waals surface area contributed by atoms with Crippen molar-refractivity contribution in [2.45, 2.75) is 19.8 Å². The largest absolute Gasteiger partial charge is 0.326 e. The summed E-state index contributed by atoms with van der Waals surface area (Å²) in [4.78, 5) is 34.6. The number of amides is 3. The molecule has 0 saturated heterocycles. The Labute approximate surface area is 161 Å². The number of nitrogens with zero attached hydrogens (tertiary/aromatic N) is 1. The fourth-order valence-electron chi connectivity index (χ4n) is 2.07. The second kappa shape index (κ2) is 10.1. The summed E-state index contributed by atoms with van der Waals surface area (Å²) in [7, 11) is 0. The molecule has 0 aliphatic rings. The molecule has 0 bridgehead atoms. The van der Waals surface area contributed by atoms with Gasteiger partial charge in [-0.25, -0.2) is 5.43 Å². The minimum atomic E-state index is -0.364. The number of carbonyl (C=O) groups is 3. The van der Waals surface area contributed by atoms with Crippen LogP contribution >= 0.6 is 11.6 Å². The predicted molar refractivity (Wildman–Crippen MR) is 106 cm³/mol. The first-order chi connectivity index (χ1) is 12.9. The first-order valence-electron chi connectivity index (χ1n) is 8.17. The van der Waals surface area contributed by atoms with Crippen LogP contribution in [0.25, 0.3) is 0 Å². The van der Waals surface area contributed by atoms with Crippen LogP contribution in [0, 0.1) is 0 Å². The molecule has 0 aromatic heterocycles. The average molecular weight is 387 g/mol. The number of carbonyl (C=O) groups excluding carboxylic acids is 3. The molecule has 0 heterocycles. The number of nitrogens with one attached hydrogen (secondary N) is 3. The molecule has 0 atom stereocenters. The highest BCUT2D eigenvalue weighted by molar-refractivity contribution is 6.30. The van der Waals surface area contributed by atoms with Gasteiger partial charge in [0.15, 0.2) is 0 Å². The summed E-state index contributed by atoms with van der Waals surface area (Å²) in [5, 5.41) is 9.77. The molecular formula is C19H19ClN4O3. The summed E-state index contributed by atoms with van der Waals surface area (Å²) < 4.78 is 0. The molecule has 7 nitrogen and oxygen atoms in total. The van der Waals surface area contributed by atoms with Crippen molar-refractivity contribution in [3.8, 4) is 0 Å². The average Bonchev–Trinajstić information content (AvgIpc) is 2.63. The molecule has 0 aliphatic heterocycles. The number of rotatable bonds is 7. The monoisotopic (exact) mass is 386 g/mol. The van der Waals surface area contributed by atoms with Crippen LogP contribution in [0.3, 0.4) is 0 Å². The van der Waals surface area contributed by atoms with Gasteiger partial charge in [0.25, 0.3) is 0 Å². The van der Waals surface area contributed by atoms with E-state index in [4.69, 9.17) is 11.6 Å². The summed E-state index contributed by atoms with van der Waals surface area (Å²) >= 11 is 5.78. The Bertz CT molecular complexity index is 833. The van der Waals surface area contributed by atoms with Gasteiger partial charge >= 0.3 is 0 Å². The molecular weight excluding hydrogens is 368 g/mol. The van der Waals surface area contributed by atoms with Crippen molar-refractivity contribution in [1.29, 1.82) is 0 Å². The highest BCUT2D eigenvalue weighted by Gasteiger charge is 2.07. The van der Waals surface area contributed by atoms with Crippen LogP contribution in [0.4, 0.5) is 11.4 Å². The van der Waals surface area contributed by atoms with Gasteiger partial charge in [0.1, 0.15) is 0 Å². The van der Waals surface area contributed by atoms with E-state index in [0.29, 0.717) is 16.4 Å². The number of anilines is 2. The number of hydrogen-bond donors (Lipinski definition) is 3. The second-order valence-electron chi connectivity index (χ2n) is 5.65. The first-order valence-corrected chi connectivity index (χ1v) is 8.55. The van der Waals surface area contributed by atoms with Gasteiger partial charge in [-0.3, -0.25) is 14.4 Å². The van der Waals surface area contributed by atoms with Gasteiger partial charge < -0.3 is 10.6 Å². The maximum atomic E-state index is 11.9. The van der Waals surface area contributed by atoms with Crippen molar-refractivity contribution in [3.63, 3.8) is 0 Å². The molecule has 2 rings (SSSR count). The van der Waals surface area contributed by atoms with Gasteiger partial charge in [-0.2, -0.15) is 5.10 Å². The molecule has 0 unspecified atom stereocenters. The summed E-state index contributed by atoms with van der Waals surface area (Å²) in [6, 6.07) is 13.7. The summed E-state index contributed by atoms with van der Waals surface area (Å²) in [5.41, 5.74) is 4.38. The van der Waals surface area contributed by atoms with Gasteiger partial charge in [-0.05, 0) is 42.0 Å². The van der Waals surface area contributed by atoms with Crippen molar-refractivity contribution in [2.24, 2.45) is 5.10 Å². The molecule has 0 saturated carbocycles. The first kappa shape index (κ1) is 20.1. The molecule has 3 N–H and O–H groups in total. The third kappa shape index (κ3) is 7.70. The summed E-state index contributed by atoms with van der Waals surface area (Å²) in [5.74, 6) is -0.827. The standard InChI is InChI=1S/C19H19ClN4O3/c1-13(25)22-16-6-8-17(9-7-16)23-18(26)10-11-19(27)24-21-12-14-2-4-15(20)5-3-14/h2-9,12H,10-11H2,1H3,(H,22,25)(H,23,26)(H,24,27)/b21-12-. The van der Waals surface area contributed by atoms with E-state index < -0.39 is 0 Å².